The van der Waals surface area contributed by atoms with Crippen molar-refractivity contribution in [3.8, 4) is 11.3 Å². The van der Waals surface area contributed by atoms with Crippen molar-refractivity contribution in [2.24, 2.45) is 0 Å². The highest BCUT2D eigenvalue weighted by Crippen LogP contribution is 2.29. The summed E-state index contributed by atoms with van der Waals surface area (Å²) >= 11 is 6.24. The minimum Gasteiger partial charge on any atom is -0.457 e. The van der Waals surface area contributed by atoms with Crippen LogP contribution in [0.5, 0.6) is 0 Å². The molecule has 3 nitrogen and oxygen atoms in total. The normalized spacial score (nSPS) is 16.2. The first-order chi connectivity index (χ1) is 11.1. The van der Waals surface area contributed by atoms with Crippen LogP contribution in [-0.4, -0.2) is 10.2 Å². The standard InChI is InChI=1S/C18H17NO2S2/c1-3-4-12-9-13(6-5-11(12)2)15-8-7-14(21-15)10-16-17(20)19-18(22)23-16/h5-10H,3-4H2,1-2H3,(H,19,20,22)/b16-10+. The maximum absolute atomic E-state index is 11.7. The molecule has 0 atom stereocenters. The van der Waals surface area contributed by atoms with Crippen LogP contribution in [0.15, 0.2) is 39.7 Å². The highest BCUT2D eigenvalue weighted by atomic mass is 32.2. The van der Waals surface area contributed by atoms with E-state index in [9.17, 15) is 4.79 Å². The number of carbonyl (C=O) groups is 1. The lowest BCUT2D eigenvalue weighted by atomic mass is 10.0. The monoisotopic (exact) mass is 343 g/mol. The molecule has 0 aliphatic carbocycles. The largest absolute Gasteiger partial charge is 0.457 e. The van der Waals surface area contributed by atoms with Gasteiger partial charge in [0.1, 0.15) is 15.8 Å². The second kappa shape index (κ2) is 6.72. The maximum atomic E-state index is 11.7. The van der Waals surface area contributed by atoms with Gasteiger partial charge in [0.25, 0.3) is 5.91 Å². The number of benzene rings is 1. The van der Waals surface area contributed by atoms with E-state index < -0.39 is 0 Å². The van der Waals surface area contributed by atoms with Crippen LogP contribution in [0.4, 0.5) is 0 Å². The van der Waals surface area contributed by atoms with Crippen LogP contribution in [0.25, 0.3) is 17.4 Å². The van der Waals surface area contributed by atoms with Gasteiger partial charge in [-0.05, 0) is 42.7 Å². The van der Waals surface area contributed by atoms with E-state index in [0.29, 0.717) is 15.0 Å². The summed E-state index contributed by atoms with van der Waals surface area (Å²) in [6.45, 7) is 4.31. The molecule has 1 aromatic heterocycles. The molecule has 2 heterocycles. The Balaban J connectivity index is 1.88. The van der Waals surface area contributed by atoms with Crippen LogP contribution in [-0.2, 0) is 11.2 Å². The van der Waals surface area contributed by atoms with E-state index in [2.05, 4.69) is 37.4 Å². The number of thiocarbonyl (C=S) groups is 1. The average Bonchev–Trinajstić information content (AvgIpc) is 3.09. The summed E-state index contributed by atoms with van der Waals surface area (Å²) in [6.07, 6.45) is 3.90. The van der Waals surface area contributed by atoms with Gasteiger partial charge < -0.3 is 9.73 Å². The molecule has 1 amide bonds. The van der Waals surface area contributed by atoms with Gasteiger partial charge >= 0.3 is 0 Å². The molecule has 0 saturated carbocycles. The number of furan rings is 1. The Bertz CT molecular complexity index is 805. The van der Waals surface area contributed by atoms with Crippen LogP contribution in [0.3, 0.4) is 0 Å². The van der Waals surface area contributed by atoms with Gasteiger partial charge in [-0.3, -0.25) is 4.79 Å². The molecule has 0 spiro atoms. The highest BCUT2D eigenvalue weighted by molar-refractivity contribution is 8.26. The Kier molecular flexibility index (Phi) is 4.68. The third-order valence-corrected chi connectivity index (χ3v) is 4.86. The van der Waals surface area contributed by atoms with Crippen LogP contribution in [0.2, 0.25) is 0 Å². The molecule has 1 aliphatic rings. The fraction of sp³-hybridized carbons (Fsp3) is 0.222. The first-order valence-corrected chi connectivity index (χ1v) is 8.74. The molecule has 1 N–H and O–H groups in total. The fourth-order valence-corrected chi connectivity index (χ4v) is 3.52. The van der Waals surface area contributed by atoms with Crippen molar-refractivity contribution < 1.29 is 9.21 Å². The van der Waals surface area contributed by atoms with E-state index in [-0.39, 0.29) is 5.91 Å². The first-order valence-electron chi connectivity index (χ1n) is 7.51. The quantitative estimate of drug-likeness (QED) is 0.645. The Hall–Kier alpha value is -1.85. The van der Waals surface area contributed by atoms with Gasteiger partial charge in [0, 0.05) is 11.6 Å². The van der Waals surface area contributed by atoms with Crippen molar-refractivity contribution in [1.29, 1.82) is 0 Å². The highest BCUT2D eigenvalue weighted by Gasteiger charge is 2.22. The smallest absolute Gasteiger partial charge is 0.263 e. The summed E-state index contributed by atoms with van der Waals surface area (Å²) in [5.74, 6) is 1.29. The first kappa shape index (κ1) is 16.0. The molecule has 0 radical (unpaired) electrons. The Labute approximate surface area is 145 Å². The van der Waals surface area contributed by atoms with E-state index in [4.69, 9.17) is 16.6 Å². The van der Waals surface area contributed by atoms with E-state index in [1.165, 1.54) is 22.9 Å². The third kappa shape index (κ3) is 3.57. The van der Waals surface area contributed by atoms with Gasteiger partial charge in [0.15, 0.2) is 0 Å². The zero-order valence-corrected chi connectivity index (χ0v) is 14.6. The lowest BCUT2D eigenvalue weighted by molar-refractivity contribution is -0.115. The molecular formula is C18H17NO2S2. The number of hydrogen-bond donors (Lipinski definition) is 1. The molecule has 3 rings (SSSR count). The van der Waals surface area contributed by atoms with Crippen LogP contribution >= 0.6 is 24.0 Å². The summed E-state index contributed by atoms with van der Waals surface area (Å²) < 4.78 is 6.36. The van der Waals surface area contributed by atoms with Crippen LogP contribution < -0.4 is 5.32 Å². The van der Waals surface area contributed by atoms with Crippen molar-refractivity contribution in [3.63, 3.8) is 0 Å². The van der Waals surface area contributed by atoms with Gasteiger partial charge in [-0.15, -0.1) is 0 Å². The Morgan fingerprint density at radius 2 is 2.13 bits per heavy atom. The minimum absolute atomic E-state index is 0.168. The SMILES string of the molecule is CCCc1cc(-c2ccc(/C=C3/SC(=S)NC3=O)o2)ccc1C. The number of hydrogen-bond acceptors (Lipinski definition) is 4. The van der Waals surface area contributed by atoms with Gasteiger partial charge in [-0.25, -0.2) is 0 Å². The number of carbonyl (C=O) groups excluding carboxylic acids is 1. The van der Waals surface area contributed by atoms with Gasteiger partial charge in [-0.2, -0.15) is 0 Å². The molecule has 1 saturated heterocycles. The second-order valence-electron chi connectivity index (χ2n) is 5.45. The molecular weight excluding hydrogens is 326 g/mol. The Morgan fingerprint density at radius 3 is 2.83 bits per heavy atom. The zero-order valence-electron chi connectivity index (χ0n) is 13.0. The summed E-state index contributed by atoms with van der Waals surface area (Å²) in [5.41, 5.74) is 3.71. The van der Waals surface area contributed by atoms with E-state index in [0.717, 1.165) is 24.2 Å². The maximum Gasteiger partial charge on any atom is 0.263 e. The molecule has 1 fully saturated rings. The number of nitrogens with one attached hydrogen (secondary N) is 1. The van der Waals surface area contributed by atoms with Crippen molar-refractivity contribution >= 4 is 40.3 Å². The minimum atomic E-state index is -0.168. The van der Waals surface area contributed by atoms with Crippen molar-refractivity contribution in [2.45, 2.75) is 26.7 Å². The Morgan fingerprint density at radius 1 is 1.30 bits per heavy atom. The molecule has 5 heteroatoms. The number of amides is 1. The number of aryl methyl sites for hydroxylation is 2. The van der Waals surface area contributed by atoms with Crippen molar-refractivity contribution in [3.05, 3.63) is 52.1 Å². The number of rotatable bonds is 4. The van der Waals surface area contributed by atoms with Crippen LogP contribution in [0, 0.1) is 6.92 Å². The summed E-state index contributed by atoms with van der Waals surface area (Å²) in [4.78, 5) is 12.3. The van der Waals surface area contributed by atoms with E-state index in [1.807, 2.05) is 12.1 Å². The molecule has 1 aliphatic heterocycles. The summed E-state index contributed by atoms with van der Waals surface area (Å²) in [6, 6.07) is 10.2. The molecule has 1 aromatic carbocycles. The fourth-order valence-electron chi connectivity index (χ4n) is 2.50. The summed E-state index contributed by atoms with van der Waals surface area (Å²) in [5, 5.41) is 2.60. The summed E-state index contributed by atoms with van der Waals surface area (Å²) in [7, 11) is 0. The predicted octanol–water partition coefficient (Wildman–Crippen LogP) is 4.70. The van der Waals surface area contributed by atoms with Crippen molar-refractivity contribution in [1.82, 2.24) is 5.32 Å². The topological polar surface area (TPSA) is 42.2 Å². The van der Waals surface area contributed by atoms with E-state index in [1.54, 1.807) is 6.08 Å². The molecule has 2 aromatic rings. The lowest BCUT2D eigenvalue weighted by Crippen LogP contribution is -2.17. The molecule has 0 unspecified atom stereocenters. The molecule has 118 valence electrons. The zero-order chi connectivity index (χ0) is 16.4. The predicted molar refractivity (Wildman–Crippen MR) is 99.2 cm³/mol. The average molecular weight is 343 g/mol. The lowest BCUT2D eigenvalue weighted by Gasteiger charge is -2.06. The van der Waals surface area contributed by atoms with Gasteiger partial charge in [0.05, 0.1) is 4.91 Å². The van der Waals surface area contributed by atoms with Crippen molar-refractivity contribution in [2.75, 3.05) is 0 Å². The number of thioether (sulfide) groups is 1. The molecule has 0 bridgehead atoms. The second-order valence-corrected chi connectivity index (χ2v) is 7.16. The van der Waals surface area contributed by atoms with Crippen LogP contribution in [0.1, 0.15) is 30.2 Å². The van der Waals surface area contributed by atoms with E-state index >= 15 is 0 Å². The molecule has 23 heavy (non-hydrogen) atoms. The van der Waals surface area contributed by atoms with Gasteiger partial charge in [-0.1, -0.05) is 49.5 Å². The van der Waals surface area contributed by atoms with Gasteiger partial charge in [0.2, 0.25) is 0 Å². The third-order valence-electron chi connectivity index (χ3n) is 3.70.